The van der Waals surface area contributed by atoms with E-state index in [0.717, 1.165) is 0 Å². The van der Waals surface area contributed by atoms with Crippen LogP contribution in [0, 0.1) is 0 Å². The molecule has 24 heavy (non-hydrogen) atoms. The molecule has 0 saturated carbocycles. The van der Waals surface area contributed by atoms with E-state index in [2.05, 4.69) is 21.5 Å². The van der Waals surface area contributed by atoms with E-state index in [-0.39, 0.29) is 18.0 Å². The second-order valence-corrected chi connectivity index (χ2v) is 5.49. The largest absolute Gasteiger partial charge is 0.493 e. The van der Waals surface area contributed by atoms with E-state index in [1.807, 2.05) is 0 Å². The van der Waals surface area contributed by atoms with E-state index in [1.54, 1.807) is 18.2 Å². The first kappa shape index (κ1) is 19.9. The standard InChI is InChI=1S/C15H18N4O3S.ClH/c1-4-5-17-15(16)23-8-13-18-10-7-12(22-3)11(21-2)6-9(10)14(20)19-13;/h4,6-7H,1,5,8H2,2-3H3,(H2,16,17)(H,18,19,20);1H. The van der Waals surface area contributed by atoms with Crippen molar-refractivity contribution in [2.75, 3.05) is 20.8 Å². The molecule has 0 aliphatic heterocycles. The molecule has 130 valence electrons. The number of amidine groups is 1. The van der Waals surface area contributed by atoms with Crippen molar-refractivity contribution in [1.82, 2.24) is 9.97 Å². The van der Waals surface area contributed by atoms with Gasteiger partial charge in [-0.2, -0.15) is 0 Å². The highest BCUT2D eigenvalue weighted by molar-refractivity contribution is 8.13. The zero-order chi connectivity index (χ0) is 16.8. The second kappa shape index (κ2) is 9.19. The lowest BCUT2D eigenvalue weighted by atomic mass is 10.2. The van der Waals surface area contributed by atoms with E-state index < -0.39 is 0 Å². The summed E-state index contributed by atoms with van der Waals surface area (Å²) in [5.74, 6) is 1.92. The van der Waals surface area contributed by atoms with Crippen LogP contribution in [0.2, 0.25) is 0 Å². The summed E-state index contributed by atoms with van der Waals surface area (Å²) in [6.45, 7) is 4.03. The van der Waals surface area contributed by atoms with E-state index in [4.69, 9.17) is 15.2 Å². The minimum atomic E-state index is -0.242. The quantitative estimate of drug-likeness (QED) is 0.458. The maximum atomic E-state index is 12.2. The number of halogens is 1. The lowest BCUT2D eigenvalue weighted by molar-refractivity contribution is 0.355. The predicted molar refractivity (Wildman–Crippen MR) is 101 cm³/mol. The zero-order valence-corrected chi connectivity index (χ0v) is 15.0. The van der Waals surface area contributed by atoms with Crippen molar-refractivity contribution in [3.05, 3.63) is 41.0 Å². The van der Waals surface area contributed by atoms with Gasteiger partial charge in [0.05, 0.1) is 37.4 Å². The van der Waals surface area contributed by atoms with Crippen LogP contribution in [0.15, 0.2) is 34.6 Å². The van der Waals surface area contributed by atoms with E-state index in [1.165, 1.54) is 26.0 Å². The highest BCUT2D eigenvalue weighted by atomic mass is 35.5. The summed E-state index contributed by atoms with van der Waals surface area (Å²) in [7, 11) is 3.05. The maximum absolute atomic E-state index is 12.2. The molecule has 0 aliphatic rings. The number of hydrogen-bond acceptors (Lipinski definition) is 6. The molecule has 0 atom stereocenters. The van der Waals surface area contributed by atoms with Crippen molar-refractivity contribution in [1.29, 1.82) is 0 Å². The van der Waals surface area contributed by atoms with Gasteiger partial charge in [0.2, 0.25) is 0 Å². The Labute approximate surface area is 149 Å². The number of aromatic nitrogens is 2. The molecule has 0 unspecified atom stereocenters. The van der Waals surface area contributed by atoms with E-state index in [0.29, 0.717) is 45.7 Å². The Kier molecular flexibility index (Phi) is 7.60. The summed E-state index contributed by atoms with van der Waals surface area (Å²) in [6, 6.07) is 3.28. The Balaban J connectivity index is 0.00000288. The number of H-pyrrole nitrogens is 1. The number of fused-ring (bicyclic) bond motifs is 1. The summed E-state index contributed by atoms with van der Waals surface area (Å²) < 4.78 is 10.4. The molecule has 0 radical (unpaired) electrons. The molecule has 0 amide bonds. The van der Waals surface area contributed by atoms with Gasteiger partial charge in [0, 0.05) is 6.07 Å². The third-order valence-electron chi connectivity index (χ3n) is 2.99. The number of hydrogen-bond donors (Lipinski definition) is 2. The fourth-order valence-corrected chi connectivity index (χ4v) is 2.51. The summed E-state index contributed by atoms with van der Waals surface area (Å²) in [4.78, 5) is 23.4. The topological polar surface area (TPSA) is 103 Å². The van der Waals surface area contributed by atoms with Crippen LogP contribution in [0.4, 0.5) is 0 Å². The fourth-order valence-electron chi connectivity index (χ4n) is 1.93. The van der Waals surface area contributed by atoms with Gasteiger partial charge in [0.25, 0.3) is 5.56 Å². The number of methoxy groups -OCH3 is 2. The number of benzene rings is 1. The number of ether oxygens (including phenoxy) is 2. The molecule has 1 aromatic heterocycles. The molecule has 3 N–H and O–H groups in total. The Bertz CT molecular complexity index is 807. The van der Waals surface area contributed by atoms with Crippen molar-refractivity contribution in [3.63, 3.8) is 0 Å². The van der Waals surface area contributed by atoms with Crippen molar-refractivity contribution in [2.24, 2.45) is 10.7 Å². The molecule has 2 rings (SSSR count). The Morgan fingerprint density at radius 1 is 1.42 bits per heavy atom. The Morgan fingerprint density at radius 3 is 2.71 bits per heavy atom. The van der Waals surface area contributed by atoms with Crippen molar-refractivity contribution >= 4 is 40.2 Å². The summed E-state index contributed by atoms with van der Waals surface area (Å²) in [5, 5.41) is 0.852. The van der Waals surface area contributed by atoms with Gasteiger partial charge < -0.3 is 20.2 Å². The average Bonchev–Trinajstić information content (AvgIpc) is 2.56. The van der Waals surface area contributed by atoms with E-state index in [9.17, 15) is 4.79 Å². The molecule has 0 aliphatic carbocycles. The van der Waals surface area contributed by atoms with Gasteiger partial charge >= 0.3 is 0 Å². The third-order valence-corrected chi connectivity index (χ3v) is 3.84. The average molecular weight is 371 g/mol. The first-order valence-corrected chi connectivity index (χ1v) is 7.76. The van der Waals surface area contributed by atoms with E-state index >= 15 is 0 Å². The lowest BCUT2D eigenvalue weighted by Gasteiger charge is -2.09. The highest BCUT2D eigenvalue weighted by Gasteiger charge is 2.11. The van der Waals surface area contributed by atoms with Gasteiger partial charge in [-0.15, -0.1) is 19.0 Å². The van der Waals surface area contributed by atoms with Gasteiger partial charge in [-0.3, -0.25) is 9.79 Å². The molecule has 1 aromatic carbocycles. The van der Waals surface area contributed by atoms with Crippen molar-refractivity contribution < 1.29 is 9.47 Å². The van der Waals surface area contributed by atoms with Crippen LogP contribution in [0.5, 0.6) is 11.5 Å². The van der Waals surface area contributed by atoms with Crippen LogP contribution < -0.4 is 20.8 Å². The highest BCUT2D eigenvalue weighted by Crippen LogP contribution is 2.30. The molecule has 7 nitrogen and oxygen atoms in total. The molecule has 1 heterocycles. The molecular formula is C15H19ClN4O3S. The monoisotopic (exact) mass is 370 g/mol. The second-order valence-electron chi connectivity index (χ2n) is 4.49. The third kappa shape index (κ3) is 4.65. The van der Waals surface area contributed by atoms with Crippen LogP contribution in [0.1, 0.15) is 5.82 Å². The van der Waals surface area contributed by atoms with Crippen molar-refractivity contribution in [2.45, 2.75) is 5.75 Å². The van der Waals surface area contributed by atoms with Crippen LogP contribution in [0.3, 0.4) is 0 Å². The van der Waals surface area contributed by atoms with Crippen molar-refractivity contribution in [3.8, 4) is 11.5 Å². The first-order chi connectivity index (χ1) is 11.1. The maximum Gasteiger partial charge on any atom is 0.258 e. The number of nitrogens with zero attached hydrogens (tertiary/aromatic N) is 2. The van der Waals surface area contributed by atoms with Gasteiger partial charge in [0.1, 0.15) is 5.82 Å². The molecule has 0 bridgehead atoms. The fraction of sp³-hybridized carbons (Fsp3) is 0.267. The number of aliphatic imine (C=N–C) groups is 1. The number of aromatic amines is 1. The number of rotatable bonds is 6. The van der Waals surface area contributed by atoms with Crippen LogP contribution in [-0.4, -0.2) is 35.9 Å². The molecule has 2 aromatic rings. The Hall–Kier alpha value is -2.19. The first-order valence-electron chi connectivity index (χ1n) is 6.77. The smallest absolute Gasteiger partial charge is 0.258 e. The summed E-state index contributed by atoms with van der Waals surface area (Å²) in [6.07, 6.45) is 1.66. The zero-order valence-electron chi connectivity index (χ0n) is 13.4. The number of nitrogens with one attached hydrogen (secondary N) is 1. The van der Waals surface area contributed by atoms with Gasteiger partial charge in [-0.25, -0.2) is 4.98 Å². The van der Waals surface area contributed by atoms with Gasteiger partial charge in [-0.05, 0) is 6.07 Å². The van der Waals surface area contributed by atoms with Crippen LogP contribution in [-0.2, 0) is 5.75 Å². The van der Waals surface area contributed by atoms with Gasteiger partial charge in [0.15, 0.2) is 16.7 Å². The molecular weight excluding hydrogens is 352 g/mol. The number of thioether (sulfide) groups is 1. The molecule has 0 saturated heterocycles. The SMILES string of the molecule is C=CCN=C(N)SCc1nc2cc(OC)c(OC)cc2c(=O)[nH]1.Cl. The normalized spacial score (nSPS) is 11.0. The molecule has 0 spiro atoms. The minimum absolute atomic E-state index is 0. The summed E-state index contributed by atoms with van der Waals surface area (Å²) in [5.41, 5.74) is 6.04. The molecule has 9 heteroatoms. The van der Waals surface area contributed by atoms with Gasteiger partial charge in [-0.1, -0.05) is 17.8 Å². The Morgan fingerprint density at radius 2 is 2.08 bits per heavy atom. The van der Waals surface area contributed by atoms with Crippen LogP contribution >= 0.6 is 24.2 Å². The van der Waals surface area contributed by atoms with Crippen LogP contribution in [0.25, 0.3) is 10.9 Å². The minimum Gasteiger partial charge on any atom is -0.493 e. The summed E-state index contributed by atoms with van der Waals surface area (Å²) >= 11 is 1.30. The number of nitrogens with two attached hydrogens (primary N) is 1. The lowest BCUT2D eigenvalue weighted by Crippen LogP contribution is -2.13. The molecule has 0 fully saturated rings. The predicted octanol–water partition coefficient (Wildman–Crippen LogP) is 2.10.